The minimum atomic E-state index is 0.458. The zero-order chi connectivity index (χ0) is 18.4. The molecule has 1 saturated heterocycles. The predicted molar refractivity (Wildman–Crippen MR) is 109 cm³/mol. The van der Waals surface area contributed by atoms with Crippen LogP contribution in [0.25, 0.3) is 11.0 Å². The van der Waals surface area contributed by atoms with E-state index < -0.39 is 0 Å². The molecular formula is C22H30O3S. The fraction of sp³-hybridized carbons (Fsp3) is 0.591. The van der Waals surface area contributed by atoms with Crippen molar-refractivity contribution in [3.05, 3.63) is 34.5 Å². The van der Waals surface area contributed by atoms with Crippen LogP contribution in [-0.4, -0.2) is 19.8 Å². The monoisotopic (exact) mass is 374 g/mol. The smallest absolute Gasteiger partial charge is 0.194 e. The molecule has 1 aromatic heterocycles. The van der Waals surface area contributed by atoms with Crippen LogP contribution < -0.4 is 4.74 Å². The van der Waals surface area contributed by atoms with Gasteiger partial charge in [0.1, 0.15) is 11.3 Å². The van der Waals surface area contributed by atoms with Gasteiger partial charge < -0.3 is 13.9 Å². The van der Waals surface area contributed by atoms with Crippen LogP contribution in [0, 0.1) is 10.6 Å². The molecule has 2 heterocycles. The van der Waals surface area contributed by atoms with Gasteiger partial charge in [-0.2, -0.15) is 0 Å². The summed E-state index contributed by atoms with van der Waals surface area (Å²) >= 11 is 5.27. The van der Waals surface area contributed by atoms with Crippen molar-refractivity contribution in [1.82, 2.24) is 0 Å². The quantitative estimate of drug-likeness (QED) is 0.382. The van der Waals surface area contributed by atoms with Gasteiger partial charge in [-0.15, -0.1) is 0 Å². The number of ether oxygens (including phenoxy) is 2. The molecule has 2 aromatic rings. The van der Waals surface area contributed by atoms with Gasteiger partial charge in [-0.05, 0) is 61.5 Å². The molecule has 0 aliphatic carbocycles. The van der Waals surface area contributed by atoms with Crippen LogP contribution in [-0.2, 0) is 4.74 Å². The first kappa shape index (κ1) is 19.4. The number of unbranched alkanes of at least 4 members (excludes halogenated alkanes) is 1. The van der Waals surface area contributed by atoms with Crippen molar-refractivity contribution >= 4 is 23.2 Å². The third-order valence-corrected chi connectivity index (χ3v) is 5.61. The van der Waals surface area contributed by atoms with Crippen molar-refractivity contribution in [1.29, 1.82) is 0 Å². The molecule has 3 rings (SSSR count). The van der Waals surface area contributed by atoms with Crippen molar-refractivity contribution in [2.45, 2.75) is 58.3 Å². The maximum absolute atomic E-state index is 6.10. The van der Waals surface area contributed by atoms with Crippen LogP contribution in [0.15, 0.2) is 28.7 Å². The molecule has 0 bridgehead atoms. The van der Waals surface area contributed by atoms with Crippen LogP contribution >= 0.6 is 12.2 Å². The molecule has 0 saturated carbocycles. The van der Waals surface area contributed by atoms with Crippen LogP contribution in [0.3, 0.4) is 0 Å². The molecule has 0 spiro atoms. The maximum atomic E-state index is 6.10. The summed E-state index contributed by atoms with van der Waals surface area (Å²) in [7, 11) is 0. The van der Waals surface area contributed by atoms with Gasteiger partial charge in [-0.25, -0.2) is 0 Å². The van der Waals surface area contributed by atoms with Gasteiger partial charge in [0, 0.05) is 18.6 Å². The molecule has 2 unspecified atom stereocenters. The first-order valence-electron chi connectivity index (χ1n) is 9.95. The van der Waals surface area contributed by atoms with E-state index in [0.29, 0.717) is 10.6 Å². The van der Waals surface area contributed by atoms with Crippen molar-refractivity contribution in [2.24, 2.45) is 5.92 Å². The summed E-state index contributed by atoms with van der Waals surface area (Å²) in [6.45, 7) is 6.96. The highest BCUT2D eigenvalue weighted by Gasteiger charge is 2.17. The Hall–Kier alpha value is -1.39. The van der Waals surface area contributed by atoms with Crippen LogP contribution in [0.1, 0.15) is 63.9 Å². The summed E-state index contributed by atoms with van der Waals surface area (Å²) in [4.78, 5) is 0. The summed E-state index contributed by atoms with van der Waals surface area (Å²) in [6, 6.07) is 8.19. The number of hydrogen-bond acceptors (Lipinski definition) is 4. The molecular weight excluding hydrogens is 344 g/mol. The van der Waals surface area contributed by atoms with Crippen LogP contribution in [0.5, 0.6) is 5.75 Å². The molecule has 1 aromatic carbocycles. The molecule has 4 heteroatoms. The average molecular weight is 375 g/mol. The van der Waals surface area contributed by atoms with Gasteiger partial charge >= 0.3 is 0 Å². The second-order valence-corrected chi connectivity index (χ2v) is 7.86. The Morgan fingerprint density at radius 3 is 2.92 bits per heavy atom. The summed E-state index contributed by atoms with van der Waals surface area (Å²) in [6.07, 6.45) is 7.09. The second-order valence-electron chi connectivity index (χ2n) is 7.46. The first-order chi connectivity index (χ1) is 12.7. The molecule has 2 atom stereocenters. The van der Waals surface area contributed by atoms with Gasteiger partial charge in [-0.1, -0.05) is 32.8 Å². The average Bonchev–Trinajstić information content (AvgIpc) is 2.67. The Bertz CT molecular complexity index is 762. The van der Waals surface area contributed by atoms with Gasteiger partial charge in [0.05, 0.1) is 18.6 Å². The van der Waals surface area contributed by atoms with E-state index in [1.54, 1.807) is 0 Å². The molecule has 0 amide bonds. The zero-order valence-electron chi connectivity index (χ0n) is 16.0. The summed E-state index contributed by atoms with van der Waals surface area (Å²) in [5.74, 6) is 2.10. The predicted octanol–water partition coefficient (Wildman–Crippen LogP) is 6.65. The number of hydrogen-bond donors (Lipinski definition) is 0. The summed E-state index contributed by atoms with van der Waals surface area (Å²) in [5.41, 5.74) is 2.10. The topological polar surface area (TPSA) is 31.6 Å². The maximum Gasteiger partial charge on any atom is 0.194 e. The van der Waals surface area contributed by atoms with Crippen molar-refractivity contribution in [3.8, 4) is 5.75 Å². The van der Waals surface area contributed by atoms with Crippen molar-refractivity contribution in [2.75, 3.05) is 19.8 Å². The molecule has 1 aliphatic rings. The van der Waals surface area contributed by atoms with Gasteiger partial charge in [0.15, 0.2) is 4.71 Å². The fourth-order valence-corrected chi connectivity index (χ4v) is 3.71. The lowest BCUT2D eigenvalue weighted by Gasteiger charge is -2.22. The van der Waals surface area contributed by atoms with E-state index in [4.69, 9.17) is 26.1 Å². The van der Waals surface area contributed by atoms with E-state index in [0.717, 1.165) is 55.3 Å². The van der Waals surface area contributed by atoms with E-state index in [1.807, 2.05) is 12.1 Å². The molecule has 0 radical (unpaired) electrons. The standard InChI is InChI=1S/C22H30O3S/c1-3-16(2)7-4-5-12-24-21-14-22(26)25-20-10-9-17(13-19(20)21)18-8-6-11-23-15-18/h9-10,13-14,16,18H,3-8,11-12,15H2,1-2H3. The van der Waals surface area contributed by atoms with Crippen molar-refractivity contribution in [3.63, 3.8) is 0 Å². The Balaban J connectivity index is 1.72. The van der Waals surface area contributed by atoms with Crippen LogP contribution in [0.2, 0.25) is 0 Å². The van der Waals surface area contributed by atoms with Gasteiger partial charge in [0.25, 0.3) is 0 Å². The number of fused-ring (bicyclic) bond motifs is 1. The normalized spacial score (nSPS) is 18.8. The SMILES string of the molecule is CCC(C)CCCCOc1cc(=S)oc2ccc(C3CCCOC3)cc12. The highest BCUT2D eigenvalue weighted by molar-refractivity contribution is 7.71. The lowest BCUT2D eigenvalue weighted by Crippen LogP contribution is -2.15. The molecule has 1 aliphatic heterocycles. The summed E-state index contributed by atoms with van der Waals surface area (Å²) < 4.78 is 17.9. The highest BCUT2D eigenvalue weighted by atomic mass is 32.1. The Morgan fingerprint density at radius 2 is 2.15 bits per heavy atom. The molecule has 3 nitrogen and oxygen atoms in total. The Morgan fingerprint density at radius 1 is 1.27 bits per heavy atom. The number of rotatable bonds is 8. The minimum Gasteiger partial charge on any atom is -0.493 e. The first-order valence-corrected chi connectivity index (χ1v) is 10.4. The highest BCUT2D eigenvalue weighted by Crippen LogP contribution is 2.32. The van der Waals surface area contributed by atoms with E-state index in [-0.39, 0.29) is 0 Å². The van der Waals surface area contributed by atoms with E-state index in [1.165, 1.54) is 31.2 Å². The lowest BCUT2D eigenvalue weighted by molar-refractivity contribution is 0.0805. The zero-order valence-corrected chi connectivity index (χ0v) is 16.8. The lowest BCUT2D eigenvalue weighted by atomic mass is 9.92. The second kappa shape index (κ2) is 9.52. The third kappa shape index (κ3) is 5.08. The molecule has 26 heavy (non-hydrogen) atoms. The minimum absolute atomic E-state index is 0.458. The van der Waals surface area contributed by atoms with E-state index in [9.17, 15) is 0 Å². The number of benzene rings is 1. The summed E-state index contributed by atoms with van der Waals surface area (Å²) in [5, 5.41) is 1.02. The van der Waals surface area contributed by atoms with Crippen LogP contribution in [0.4, 0.5) is 0 Å². The van der Waals surface area contributed by atoms with E-state index >= 15 is 0 Å². The van der Waals surface area contributed by atoms with E-state index in [2.05, 4.69) is 26.0 Å². The Kier molecular flexibility index (Phi) is 7.09. The third-order valence-electron chi connectivity index (χ3n) is 5.41. The van der Waals surface area contributed by atoms with Gasteiger partial charge in [0.2, 0.25) is 0 Å². The molecule has 1 fully saturated rings. The Labute approximate surface area is 161 Å². The molecule has 0 N–H and O–H groups in total. The fourth-order valence-electron chi connectivity index (χ4n) is 3.51. The largest absolute Gasteiger partial charge is 0.493 e. The van der Waals surface area contributed by atoms with Crippen molar-refractivity contribution < 1.29 is 13.9 Å². The van der Waals surface area contributed by atoms with Gasteiger partial charge in [-0.3, -0.25) is 0 Å². The molecule has 142 valence electrons.